The molecule has 134 valence electrons. The third kappa shape index (κ3) is 3.23. The van der Waals surface area contributed by atoms with Gasteiger partial charge in [0.15, 0.2) is 5.65 Å². The molecule has 0 aromatic carbocycles. The zero-order valence-corrected chi connectivity index (χ0v) is 15.2. The van der Waals surface area contributed by atoms with Crippen LogP contribution in [0.15, 0.2) is 12.1 Å². The van der Waals surface area contributed by atoms with E-state index in [-0.39, 0.29) is 17.4 Å². The summed E-state index contributed by atoms with van der Waals surface area (Å²) in [4.78, 5) is 18.1. The normalized spacial score (nSPS) is 24.8. The van der Waals surface area contributed by atoms with Gasteiger partial charge in [-0.1, -0.05) is 0 Å². The molecule has 0 aliphatic carbocycles. The van der Waals surface area contributed by atoms with Crippen LogP contribution in [0.3, 0.4) is 0 Å². The molecule has 8 heteroatoms. The second kappa shape index (κ2) is 6.90. The number of aromatic nitrogens is 3. The molecule has 2 aromatic heterocycles. The lowest BCUT2D eigenvalue weighted by molar-refractivity contribution is 0.0985. The van der Waals surface area contributed by atoms with Crippen LogP contribution in [0, 0.1) is 0 Å². The zero-order chi connectivity index (χ0) is 17.4. The second-order valence-corrected chi connectivity index (χ2v) is 6.93. The number of halogens is 1. The van der Waals surface area contributed by atoms with Crippen LogP contribution in [-0.4, -0.2) is 66.6 Å². The molecule has 0 amide bonds. The highest BCUT2D eigenvalue weighted by atomic mass is 35.5. The highest BCUT2D eigenvalue weighted by Crippen LogP contribution is 2.29. The summed E-state index contributed by atoms with van der Waals surface area (Å²) in [7, 11) is 0. The topological polar surface area (TPSA) is 63.6 Å². The van der Waals surface area contributed by atoms with Gasteiger partial charge < -0.3 is 19.3 Å². The average Bonchev–Trinajstić information content (AvgIpc) is 2.61. The molecule has 0 unspecified atom stereocenters. The van der Waals surface area contributed by atoms with Gasteiger partial charge in [0.05, 0.1) is 43.9 Å². The van der Waals surface area contributed by atoms with Gasteiger partial charge in [-0.25, -0.2) is 4.98 Å². The summed E-state index contributed by atoms with van der Waals surface area (Å²) in [5, 5.41) is 1.14. The Bertz CT molecular complexity index is 774. The van der Waals surface area contributed by atoms with E-state index in [1.165, 1.54) is 0 Å². The summed E-state index contributed by atoms with van der Waals surface area (Å²) in [5.41, 5.74) is 0.630. The number of hydrogen-bond donors (Lipinski definition) is 0. The van der Waals surface area contributed by atoms with Crippen LogP contribution in [0.5, 0.6) is 0 Å². The maximum atomic E-state index is 6.20. The SMILES string of the molecule is C[C@H]1COCCN1c1ccc2c(N3CCOC[C@@H]3C)nc(Cl)nc2n1. The summed E-state index contributed by atoms with van der Waals surface area (Å²) in [6.07, 6.45) is 0. The number of anilines is 2. The van der Waals surface area contributed by atoms with Crippen LogP contribution in [0.1, 0.15) is 13.8 Å². The number of morpholine rings is 2. The molecule has 4 heterocycles. The number of hydrogen-bond acceptors (Lipinski definition) is 7. The Balaban J connectivity index is 1.75. The van der Waals surface area contributed by atoms with Crippen molar-refractivity contribution < 1.29 is 9.47 Å². The van der Waals surface area contributed by atoms with Gasteiger partial charge in [-0.3, -0.25) is 0 Å². The molecule has 7 nitrogen and oxygen atoms in total. The minimum absolute atomic E-state index is 0.223. The third-order valence-electron chi connectivity index (χ3n) is 4.80. The highest BCUT2D eigenvalue weighted by Gasteiger charge is 2.25. The maximum Gasteiger partial charge on any atom is 0.226 e. The minimum Gasteiger partial charge on any atom is -0.377 e. The average molecular weight is 364 g/mol. The standard InChI is InChI=1S/C17H22ClN5O2/c1-11-9-24-7-5-22(11)14-4-3-13-15(19-14)20-17(18)21-16(13)23-6-8-25-10-12(23)2/h3-4,11-12H,5-10H2,1-2H3/t11-,12-/m0/s1. The van der Waals surface area contributed by atoms with E-state index in [2.05, 4.69) is 33.6 Å². The fourth-order valence-electron chi connectivity index (χ4n) is 3.45. The molecule has 4 rings (SSSR count). The largest absolute Gasteiger partial charge is 0.377 e. The van der Waals surface area contributed by atoms with Crippen molar-refractivity contribution in [2.75, 3.05) is 49.3 Å². The van der Waals surface area contributed by atoms with Crippen molar-refractivity contribution in [3.05, 3.63) is 17.4 Å². The van der Waals surface area contributed by atoms with E-state index in [0.717, 1.165) is 30.1 Å². The number of ether oxygens (including phenoxy) is 2. The molecular formula is C17H22ClN5O2. The summed E-state index contributed by atoms with van der Waals surface area (Å²) < 4.78 is 11.0. The summed E-state index contributed by atoms with van der Waals surface area (Å²) in [5.74, 6) is 1.74. The molecule has 2 aliphatic rings. The Kier molecular flexibility index (Phi) is 4.62. The fraction of sp³-hybridized carbons (Fsp3) is 0.588. The molecule has 2 atom stereocenters. The first-order valence-corrected chi connectivity index (χ1v) is 9.04. The van der Waals surface area contributed by atoms with Crippen molar-refractivity contribution in [3.8, 4) is 0 Å². The van der Waals surface area contributed by atoms with Gasteiger partial charge >= 0.3 is 0 Å². The minimum atomic E-state index is 0.223. The van der Waals surface area contributed by atoms with Crippen LogP contribution >= 0.6 is 11.6 Å². The third-order valence-corrected chi connectivity index (χ3v) is 4.97. The molecule has 0 N–H and O–H groups in total. The number of rotatable bonds is 2. The summed E-state index contributed by atoms with van der Waals surface area (Å²) >= 11 is 6.20. The van der Waals surface area contributed by atoms with Crippen LogP contribution < -0.4 is 9.80 Å². The van der Waals surface area contributed by atoms with Crippen molar-refractivity contribution in [1.29, 1.82) is 0 Å². The smallest absolute Gasteiger partial charge is 0.226 e. The van der Waals surface area contributed by atoms with E-state index in [9.17, 15) is 0 Å². The van der Waals surface area contributed by atoms with E-state index >= 15 is 0 Å². The lowest BCUT2D eigenvalue weighted by Crippen LogP contribution is -2.44. The van der Waals surface area contributed by atoms with Crippen LogP contribution in [0.2, 0.25) is 5.28 Å². The van der Waals surface area contributed by atoms with Gasteiger partial charge in [0.25, 0.3) is 0 Å². The van der Waals surface area contributed by atoms with E-state index in [4.69, 9.17) is 26.1 Å². The van der Waals surface area contributed by atoms with E-state index in [1.807, 2.05) is 12.1 Å². The number of fused-ring (bicyclic) bond motifs is 1. The Morgan fingerprint density at radius 3 is 2.32 bits per heavy atom. The maximum absolute atomic E-state index is 6.20. The van der Waals surface area contributed by atoms with Gasteiger partial charge in [-0.2, -0.15) is 9.97 Å². The Labute approximate surface area is 151 Å². The molecular weight excluding hydrogens is 342 g/mol. The predicted molar refractivity (Wildman–Crippen MR) is 97.6 cm³/mol. The molecule has 0 radical (unpaired) electrons. The zero-order valence-electron chi connectivity index (χ0n) is 14.5. The second-order valence-electron chi connectivity index (χ2n) is 6.59. The Morgan fingerprint density at radius 1 is 0.960 bits per heavy atom. The van der Waals surface area contributed by atoms with Gasteiger partial charge in [0.1, 0.15) is 11.6 Å². The Morgan fingerprint density at radius 2 is 1.64 bits per heavy atom. The lowest BCUT2D eigenvalue weighted by Gasteiger charge is -2.35. The molecule has 0 spiro atoms. The summed E-state index contributed by atoms with van der Waals surface area (Å²) in [6, 6.07) is 4.61. The molecule has 2 fully saturated rings. The quantitative estimate of drug-likeness (QED) is 0.757. The first-order valence-electron chi connectivity index (χ1n) is 8.66. The van der Waals surface area contributed by atoms with Crippen molar-refractivity contribution in [3.63, 3.8) is 0 Å². The molecule has 0 bridgehead atoms. The van der Waals surface area contributed by atoms with Gasteiger partial charge in [-0.05, 0) is 37.6 Å². The Hall–Kier alpha value is -1.70. The lowest BCUT2D eigenvalue weighted by atomic mass is 10.2. The molecule has 2 saturated heterocycles. The number of pyridine rings is 1. The first-order chi connectivity index (χ1) is 12.1. The summed E-state index contributed by atoms with van der Waals surface area (Å²) in [6.45, 7) is 8.66. The van der Waals surface area contributed by atoms with Crippen LogP contribution in [0.25, 0.3) is 11.0 Å². The van der Waals surface area contributed by atoms with Crippen molar-refractivity contribution in [2.24, 2.45) is 0 Å². The van der Waals surface area contributed by atoms with Crippen LogP contribution in [-0.2, 0) is 9.47 Å². The fourth-order valence-corrected chi connectivity index (χ4v) is 3.61. The van der Waals surface area contributed by atoms with E-state index in [1.54, 1.807) is 0 Å². The number of nitrogens with zero attached hydrogens (tertiary/aromatic N) is 5. The van der Waals surface area contributed by atoms with Gasteiger partial charge in [0, 0.05) is 13.1 Å². The molecule has 2 aliphatic heterocycles. The van der Waals surface area contributed by atoms with E-state index in [0.29, 0.717) is 32.1 Å². The first kappa shape index (κ1) is 16.8. The van der Waals surface area contributed by atoms with Crippen molar-refractivity contribution in [1.82, 2.24) is 15.0 Å². The molecule has 25 heavy (non-hydrogen) atoms. The highest BCUT2D eigenvalue weighted by molar-refractivity contribution is 6.28. The molecule has 0 saturated carbocycles. The van der Waals surface area contributed by atoms with Gasteiger partial charge in [0.2, 0.25) is 5.28 Å². The van der Waals surface area contributed by atoms with E-state index < -0.39 is 0 Å². The van der Waals surface area contributed by atoms with Gasteiger partial charge in [-0.15, -0.1) is 0 Å². The van der Waals surface area contributed by atoms with Crippen molar-refractivity contribution >= 4 is 34.3 Å². The predicted octanol–water partition coefficient (Wildman–Crippen LogP) is 2.13. The van der Waals surface area contributed by atoms with Crippen LogP contribution in [0.4, 0.5) is 11.6 Å². The monoisotopic (exact) mass is 363 g/mol. The van der Waals surface area contributed by atoms with Crippen molar-refractivity contribution in [2.45, 2.75) is 25.9 Å². The molecule has 2 aromatic rings.